The molecule has 0 aromatic heterocycles. The molecule has 25 heavy (non-hydrogen) atoms. The molecule has 8 heteroatoms. The third kappa shape index (κ3) is 5.07. The zero-order valence-electron chi connectivity index (χ0n) is 13.2. The Kier molecular flexibility index (Phi) is 7.16. The highest BCUT2D eigenvalue weighted by atomic mass is 19.1. The minimum absolute atomic E-state index is 0.0547. The van der Waals surface area contributed by atoms with Crippen LogP contribution in [0.5, 0.6) is 0 Å². The van der Waals surface area contributed by atoms with Crippen LogP contribution in [-0.4, -0.2) is 32.4 Å². The zero-order chi connectivity index (χ0) is 19.1. The first-order valence-corrected chi connectivity index (χ1v) is 6.97. The van der Waals surface area contributed by atoms with Gasteiger partial charge in [-0.05, 0) is 41.8 Å². The van der Waals surface area contributed by atoms with Crippen molar-refractivity contribution in [3.63, 3.8) is 0 Å². The first-order chi connectivity index (χ1) is 11.7. The number of carboxylic acid groups (broad SMARTS) is 2. The average Bonchev–Trinajstić information content (AvgIpc) is 2.57. The van der Waals surface area contributed by atoms with Crippen molar-refractivity contribution in [3.05, 3.63) is 69.8 Å². The van der Waals surface area contributed by atoms with Gasteiger partial charge in [-0.3, -0.25) is 0 Å². The van der Waals surface area contributed by atoms with Gasteiger partial charge < -0.3 is 20.4 Å². The molecule has 0 aliphatic heterocycles. The molecule has 6 nitrogen and oxygen atoms in total. The lowest BCUT2D eigenvalue weighted by atomic mass is 10.0. The number of hydrogen-bond donors (Lipinski definition) is 4. The predicted octanol–water partition coefficient (Wildman–Crippen LogP) is 2.34. The quantitative estimate of drug-likeness (QED) is 0.670. The molecule has 0 saturated heterocycles. The highest BCUT2D eigenvalue weighted by Crippen LogP contribution is 2.17. The number of carboxylic acids is 2. The van der Waals surface area contributed by atoms with Gasteiger partial charge in [-0.15, -0.1) is 0 Å². The summed E-state index contributed by atoms with van der Waals surface area (Å²) in [5, 5.41) is 34.7. The van der Waals surface area contributed by atoms with Gasteiger partial charge in [0, 0.05) is 0 Å². The van der Waals surface area contributed by atoms with Gasteiger partial charge >= 0.3 is 11.9 Å². The van der Waals surface area contributed by atoms with E-state index in [1.54, 1.807) is 0 Å². The van der Waals surface area contributed by atoms with Crippen molar-refractivity contribution in [2.75, 3.05) is 0 Å². The maximum atomic E-state index is 12.9. The molecule has 2 aromatic carbocycles. The largest absolute Gasteiger partial charge is 0.478 e. The number of carbonyl (C=O) groups is 2. The third-order valence-corrected chi connectivity index (χ3v) is 3.34. The van der Waals surface area contributed by atoms with Crippen LogP contribution in [0.15, 0.2) is 30.3 Å². The first-order valence-electron chi connectivity index (χ1n) is 6.97. The Hall–Kier alpha value is -2.84. The molecule has 0 fully saturated rings. The summed E-state index contributed by atoms with van der Waals surface area (Å²) in [7, 11) is 0. The molecule has 134 valence electrons. The zero-order valence-corrected chi connectivity index (χ0v) is 13.2. The predicted molar refractivity (Wildman–Crippen MR) is 83.3 cm³/mol. The van der Waals surface area contributed by atoms with E-state index in [4.69, 9.17) is 20.4 Å². The fourth-order valence-electron chi connectivity index (χ4n) is 2.06. The van der Waals surface area contributed by atoms with E-state index in [-0.39, 0.29) is 27.8 Å². The van der Waals surface area contributed by atoms with Crippen LogP contribution in [0, 0.1) is 18.6 Å². The SMILES string of the molecule is Cc1c(F)ccc(CO)c1C(=O)O.O=C(O)c1cc(F)ccc1CO. The minimum atomic E-state index is -1.24. The summed E-state index contributed by atoms with van der Waals surface area (Å²) in [4.78, 5) is 21.1. The highest BCUT2D eigenvalue weighted by molar-refractivity contribution is 5.91. The van der Waals surface area contributed by atoms with Crippen LogP contribution in [0.2, 0.25) is 0 Å². The summed E-state index contributed by atoms with van der Waals surface area (Å²) < 4.78 is 25.4. The number of halogens is 2. The van der Waals surface area contributed by atoms with Gasteiger partial charge in [0.15, 0.2) is 0 Å². The maximum Gasteiger partial charge on any atom is 0.336 e. The van der Waals surface area contributed by atoms with Crippen LogP contribution in [-0.2, 0) is 13.2 Å². The lowest BCUT2D eigenvalue weighted by Gasteiger charge is -2.06. The van der Waals surface area contributed by atoms with Crippen LogP contribution >= 0.6 is 0 Å². The molecule has 2 rings (SSSR count). The van der Waals surface area contributed by atoms with Gasteiger partial charge in [0.2, 0.25) is 0 Å². The lowest BCUT2D eigenvalue weighted by molar-refractivity contribution is 0.0681. The molecular weight excluding hydrogens is 338 g/mol. The highest BCUT2D eigenvalue weighted by Gasteiger charge is 2.15. The Morgan fingerprint density at radius 1 is 0.920 bits per heavy atom. The second-order valence-corrected chi connectivity index (χ2v) is 4.93. The van der Waals surface area contributed by atoms with Crippen molar-refractivity contribution < 1.29 is 38.8 Å². The van der Waals surface area contributed by atoms with Crippen molar-refractivity contribution in [2.45, 2.75) is 20.1 Å². The van der Waals surface area contributed by atoms with Gasteiger partial charge in [-0.25, -0.2) is 18.4 Å². The molecule has 0 bridgehead atoms. The van der Waals surface area contributed by atoms with E-state index in [9.17, 15) is 18.4 Å². The van der Waals surface area contributed by atoms with E-state index in [1.807, 2.05) is 0 Å². The molecular formula is C17H16F2O6. The van der Waals surface area contributed by atoms with Gasteiger partial charge in [0.25, 0.3) is 0 Å². The number of benzene rings is 2. The van der Waals surface area contributed by atoms with E-state index in [0.29, 0.717) is 0 Å². The Morgan fingerprint density at radius 2 is 1.48 bits per heavy atom. The minimum Gasteiger partial charge on any atom is -0.478 e. The molecule has 0 spiro atoms. The molecule has 0 radical (unpaired) electrons. The van der Waals surface area contributed by atoms with Gasteiger partial charge in [0.05, 0.1) is 24.3 Å². The van der Waals surface area contributed by atoms with E-state index in [2.05, 4.69) is 0 Å². The fraction of sp³-hybridized carbons (Fsp3) is 0.176. The molecule has 0 unspecified atom stereocenters. The van der Waals surface area contributed by atoms with E-state index in [0.717, 1.165) is 18.2 Å². The van der Waals surface area contributed by atoms with Crippen molar-refractivity contribution in [3.8, 4) is 0 Å². The van der Waals surface area contributed by atoms with Crippen molar-refractivity contribution in [1.82, 2.24) is 0 Å². The molecule has 0 heterocycles. The molecule has 4 N–H and O–H groups in total. The van der Waals surface area contributed by atoms with Gasteiger partial charge in [0.1, 0.15) is 11.6 Å². The van der Waals surface area contributed by atoms with Crippen LogP contribution in [0.4, 0.5) is 8.78 Å². The summed E-state index contributed by atoms with van der Waals surface area (Å²) in [5.41, 5.74) is 0.148. The summed E-state index contributed by atoms with van der Waals surface area (Å²) in [6, 6.07) is 5.66. The molecule has 0 atom stereocenters. The Labute approximate surface area is 141 Å². The number of aliphatic hydroxyl groups excluding tert-OH is 2. The van der Waals surface area contributed by atoms with Crippen molar-refractivity contribution >= 4 is 11.9 Å². The summed E-state index contributed by atoms with van der Waals surface area (Å²) in [6.45, 7) is 0.572. The van der Waals surface area contributed by atoms with Crippen molar-refractivity contribution in [2.24, 2.45) is 0 Å². The Balaban J connectivity index is 0.000000251. The average molecular weight is 354 g/mol. The normalized spacial score (nSPS) is 9.96. The molecule has 0 amide bonds. The third-order valence-electron chi connectivity index (χ3n) is 3.34. The number of hydrogen-bond acceptors (Lipinski definition) is 4. The molecule has 0 aliphatic rings. The number of rotatable bonds is 4. The van der Waals surface area contributed by atoms with Crippen LogP contribution in [0.3, 0.4) is 0 Å². The monoisotopic (exact) mass is 354 g/mol. The first kappa shape index (κ1) is 20.2. The molecule has 0 saturated carbocycles. The van der Waals surface area contributed by atoms with Crippen LogP contribution < -0.4 is 0 Å². The van der Waals surface area contributed by atoms with Crippen LogP contribution in [0.25, 0.3) is 0 Å². The standard InChI is InChI=1S/C9H9FO3.C8H7FO3/c1-5-7(10)3-2-6(4-11)8(5)9(12)13;9-6-2-1-5(4-10)7(3-6)8(11)12/h2-3,11H,4H2,1H3,(H,12,13);1-3,10H,4H2,(H,11,12). The van der Waals surface area contributed by atoms with Crippen molar-refractivity contribution in [1.29, 1.82) is 0 Å². The topological polar surface area (TPSA) is 115 Å². The van der Waals surface area contributed by atoms with E-state index in [1.165, 1.54) is 19.1 Å². The number of aromatic carboxylic acids is 2. The lowest BCUT2D eigenvalue weighted by Crippen LogP contribution is -2.06. The summed E-state index contributed by atoms with van der Waals surface area (Å²) >= 11 is 0. The molecule has 2 aromatic rings. The fourth-order valence-corrected chi connectivity index (χ4v) is 2.06. The molecule has 0 aliphatic carbocycles. The van der Waals surface area contributed by atoms with Gasteiger partial charge in [-0.2, -0.15) is 0 Å². The smallest absolute Gasteiger partial charge is 0.336 e. The number of aliphatic hydroxyl groups is 2. The Bertz CT molecular complexity index is 789. The second-order valence-electron chi connectivity index (χ2n) is 4.93. The Morgan fingerprint density at radius 3 is 1.96 bits per heavy atom. The summed E-state index contributed by atoms with van der Waals surface area (Å²) in [5.74, 6) is -3.65. The van der Waals surface area contributed by atoms with Gasteiger partial charge in [-0.1, -0.05) is 12.1 Å². The summed E-state index contributed by atoms with van der Waals surface area (Å²) in [6.07, 6.45) is 0. The van der Waals surface area contributed by atoms with Crippen LogP contribution in [0.1, 0.15) is 37.4 Å². The van der Waals surface area contributed by atoms with E-state index >= 15 is 0 Å². The second kappa shape index (κ2) is 8.86. The van der Waals surface area contributed by atoms with E-state index < -0.39 is 36.8 Å². The maximum absolute atomic E-state index is 12.9.